The number of benzene rings is 1. The molecule has 0 aromatic heterocycles. The molecule has 5 heteroatoms. The zero-order valence-corrected chi connectivity index (χ0v) is 14.7. The lowest BCUT2D eigenvalue weighted by Crippen LogP contribution is -2.34. The maximum absolute atomic E-state index is 9.78. The van der Waals surface area contributed by atoms with Gasteiger partial charge < -0.3 is 24.2 Å². The summed E-state index contributed by atoms with van der Waals surface area (Å²) in [6.45, 7) is 3.35. The van der Waals surface area contributed by atoms with E-state index in [0.29, 0.717) is 26.2 Å². The fourth-order valence-electron chi connectivity index (χ4n) is 2.62. The molecule has 5 nitrogen and oxygen atoms in total. The molecule has 1 unspecified atom stereocenters. The Kier molecular flexibility index (Phi) is 7.31. The first-order chi connectivity index (χ1) is 11.7. The minimum absolute atomic E-state index is 0.102. The number of allylic oxidation sites excluding steroid dienone is 2. The van der Waals surface area contributed by atoms with Crippen LogP contribution in [0.4, 0.5) is 0 Å². The molecule has 132 valence electrons. The fourth-order valence-corrected chi connectivity index (χ4v) is 2.62. The molecule has 0 amide bonds. The largest absolute Gasteiger partial charge is 0.491 e. The third-order valence-electron chi connectivity index (χ3n) is 4.09. The second-order valence-corrected chi connectivity index (χ2v) is 5.73. The summed E-state index contributed by atoms with van der Waals surface area (Å²) in [6, 6.07) is 10.0. The van der Waals surface area contributed by atoms with Gasteiger partial charge >= 0.3 is 0 Å². The number of aliphatic hydroxyl groups excluding tert-OH is 1. The Morgan fingerprint density at radius 1 is 1.21 bits per heavy atom. The van der Waals surface area contributed by atoms with Crippen molar-refractivity contribution in [1.29, 1.82) is 0 Å². The average Bonchev–Trinajstić information content (AvgIpc) is 2.61. The molecule has 1 aromatic carbocycles. The van der Waals surface area contributed by atoms with Crippen LogP contribution in [-0.4, -0.2) is 50.1 Å². The van der Waals surface area contributed by atoms with E-state index in [1.54, 1.807) is 7.11 Å². The number of rotatable bonds is 9. The molecule has 1 aliphatic rings. The van der Waals surface area contributed by atoms with Crippen LogP contribution in [0.15, 0.2) is 53.6 Å². The van der Waals surface area contributed by atoms with Crippen LogP contribution < -0.4 is 0 Å². The second kappa shape index (κ2) is 9.47. The molecular weight excluding hydrogens is 306 g/mol. The monoisotopic (exact) mass is 333 g/mol. The third kappa shape index (κ3) is 4.84. The number of likely N-dealkylation sites (N-methyl/N-ethyl adjacent to an activating group) is 1. The highest BCUT2D eigenvalue weighted by atomic mass is 16.5. The van der Waals surface area contributed by atoms with Gasteiger partial charge in [0.1, 0.15) is 18.5 Å². The van der Waals surface area contributed by atoms with E-state index in [4.69, 9.17) is 14.2 Å². The summed E-state index contributed by atoms with van der Waals surface area (Å²) in [4.78, 5) is 2.03. The van der Waals surface area contributed by atoms with E-state index in [9.17, 15) is 5.11 Å². The van der Waals surface area contributed by atoms with Crippen molar-refractivity contribution in [2.24, 2.45) is 0 Å². The van der Waals surface area contributed by atoms with Gasteiger partial charge in [0.25, 0.3) is 0 Å². The summed E-state index contributed by atoms with van der Waals surface area (Å²) < 4.78 is 16.9. The van der Waals surface area contributed by atoms with Crippen molar-refractivity contribution >= 4 is 0 Å². The number of ether oxygens (including phenoxy) is 3. The Hall–Kier alpha value is -1.82. The minimum atomic E-state index is -0.431. The lowest BCUT2D eigenvalue weighted by atomic mass is 10.1. The highest BCUT2D eigenvalue weighted by Gasteiger charge is 2.27. The van der Waals surface area contributed by atoms with Crippen LogP contribution in [-0.2, 0) is 20.8 Å². The van der Waals surface area contributed by atoms with Gasteiger partial charge in [-0.2, -0.15) is 0 Å². The van der Waals surface area contributed by atoms with Gasteiger partial charge in [-0.25, -0.2) is 0 Å². The van der Waals surface area contributed by atoms with Crippen molar-refractivity contribution in [1.82, 2.24) is 4.90 Å². The van der Waals surface area contributed by atoms with Crippen molar-refractivity contribution < 1.29 is 19.3 Å². The Labute approximate surface area is 144 Å². The maximum atomic E-state index is 9.78. The lowest BCUT2D eigenvalue weighted by molar-refractivity contribution is -0.00674. The van der Waals surface area contributed by atoms with Gasteiger partial charge in [0.15, 0.2) is 0 Å². The second-order valence-electron chi connectivity index (χ2n) is 5.73. The van der Waals surface area contributed by atoms with Gasteiger partial charge in [0.2, 0.25) is 0 Å². The fraction of sp³-hybridized carbons (Fsp3) is 0.474. The van der Waals surface area contributed by atoms with Crippen LogP contribution in [0, 0.1) is 0 Å². The quantitative estimate of drug-likeness (QED) is 0.704. The van der Waals surface area contributed by atoms with Crippen LogP contribution in [0.25, 0.3) is 0 Å². The van der Waals surface area contributed by atoms with Crippen LogP contribution >= 0.6 is 0 Å². The molecule has 0 fully saturated rings. The van der Waals surface area contributed by atoms with Gasteiger partial charge in [-0.1, -0.05) is 36.4 Å². The van der Waals surface area contributed by atoms with E-state index in [1.807, 2.05) is 49.2 Å². The molecule has 0 bridgehead atoms. The number of methoxy groups -OCH3 is 1. The predicted octanol–water partition coefficient (Wildman–Crippen LogP) is 2.68. The Morgan fingerprint density at radius 2 is 1.96 bits per heavy atom. The van der Waals surface area contributed by atoms with Crippen LogP contribution in [0.3, 0.4) is 0 Å². The molecule has 1 heterocycles. The van der Waals surface area contributed by atoms with E-state index < -0.39 is 6.10 Å². The zero-order chi connectivity index (χ0) is 17.4. The van der Waals surface area contributed by atoms with Crippen LogP contribution in [0.2, 0.25) is 0 Å². The summed E-state index contributed by atoms with van der Waals surface area (Å²) in [5, 5.41) is 9.78. The SMILES string of the molecule is COCCOC(CO)C1=C(OCc2ccccc2)CC=C(C)N1C. The maximum Gasteiger partial charge on any atom is 0.124 e. The van der Waals surface area contributed by atoms with Crippen LogP contribution in [0.5, 0.6) is 0 Å². The Balaban J connectivity index is 2.15. The molecule has 1 N–H and O–H groups in total. The third-order valence-corrected chi connectivity index (χ3v) is 4.09. The molecule has 1 atom stereocenters. The van der Waals surface area contributed by atoms with Crippen molar-refractivity contribution in [3.05, 3.63) is 59.1 Å². The molecule has 1 aliphatic heterocycles. The van der Waals surface area contributed by atoms with E-state index in [1.165, 1.54) is 0 Å². The number of hydrogen-bond donors (Lipinski definition) is 1. The van der Waals surface area contributed by atoms with Gasteiger partial charge in [0, 0.05) is 26.3 Å². The normalized spacial score (nSPS) is 16.2. The molecule has 0 aliphatic carbocycles. The van der Waals surface area contributed by atoms with E-state index in [0.717, 1.165) is 22.7 Å². The Bertz CT molecular complexity index is 568. The van der Waals surface area contributed by atoms with E-state index in [-0.39, 0.29) is 6.61 Å². The molecule has 2 rings (SSSR count). The smallest absolute Gasteiger partial charge is 0.124 e. The molecule has 0 radical (unpaired) electrons. The van der Waals surface area contributed by atoms with Crippen molar-refractivity contribution in [3.8, 4) is 0 Å². The summed E-state index contributed by atoms with van der Waals surface area (Å²) in [5.74, 6) is 0.836. The number of nitrogens with zero attached hydrogens (tertiary/aromatic N) is 1. The highest BCUT2D eigenvalue weighted by Crippen LogP contribution is 2.29. The van der Waals surface area contributed by atoms with Crippen LogP contribution in [0.1, 0.15) is 18.9 Å². The van der Waals surface area contributed by atoms with Gasteiger partial charge in [-0.3, -0.25) is 0 Å². The van der Waals surface area contributed by atoms with E-state index >= 15 is 0 Å². The molecule has 0 spiro atoms. The molecule has 0 saturated heterocycles. The zero-order valence-electron chi connectivity index (χ0n) is 14.7. The topological polar surface area (TPSA) is 51.2 Å². The van der Waals surface area contributed by atoms with Crippen molar-refractivity contribution in [2.45, 2.75) is 26.1 Å². The molecule has 24 heavy (non-hydrogen) atoms. The molecular formula is C19H27NO4. The Morgan fingerprint density at radius 3 is 2.62 bits per heavy atom. The van der Waals surface area contributed by atoms with Crippen molar-refractivity contribution in [3.63, 3.8) is 0 Å². The summed E-state index contributed by atoms with van der Waals surface area (Å²) in [6.07, 6.45) is 2.38. The standard InChI is InChI=1S/C19H27NO4/c1-15-9-10-17(24-14-16-7-5-4-6-8-16)19(20(15)2)18(13-21)23-12-11-22-3/h4-9,18,21H,10-14H2,1-3H3. The number of hydrogen-bond acceptors (Lipinski definition) is 5. The lowest BCUT2D eigenvalue weighted by Gasteiger charge is -2.34. The minimum Gasteiger partial charge on any atom is -0.491 e. The summed E-state index contributed by atoms with van der Waals surface area (Å²) >= 11 is 0. The van der Waals surface area contributed by atoms with Crippen molar-refractivity contribution in [2.75, 3.05) is 34.0 Å². The van der Waals surface area contributed by atoms with Gasteiger partial charge in [-0.15, -0.1) is 0 Å². The molecule has 0 saturated carbocycles. The first kappa shape index (κ1) is 18.5. The summed E-state index contributed by atoms with van der Waals surface area (Å²) in [5.41, 5.74) is 3.11. The van der Waals surface area contributed by atoms with Gasteiger partial charge in [-0.05, 0) is 12.5 Å². The average molecular weight is 333 g/mol. The first-order valence-electron chi connectivity index (χ1n) is 8.19. The highest BCUT2D eigenvalue weighted by molar-refractivity contribution is 5.26. The summed E-state index contributed by atoms with van der Waals surface area (Å²) in [7, 11) is 3.60. The van der Waals surface area contributed by atoms with E-state index in [2.05, 4.69) is 6.08 Å². The predicted molar refractivity (Wildman–Crippen MR) is 93.1 cm³/mol. The van der Waals surface area contributed by atoms with Gasteiger partial charge in [0.05, 0.1) is 25.5 Å². The number of aliphatic hydroxyl groups is 1. The molecule has 1 aromatic rings. The first-order valence-corrected chi connectivity index (χ1v) is 8.19.